The Kier molecular flexibility index (Phi) is 5.27. The second-order valence-electron chi connectivity index (χ2n) is 5.40. The normalized spacial score (nSPS) is 12.1. The Bertz CT molecular complexity index is 509. The van der Waals surface area contributed by atoms with Crippen molar-refractivity contribution >= 4 is 12.4 Å². The molecular formula is C15H18N2O3. The van der Waals surface area contributed by atoms with E-state index in [1.807, 2.05) is 6.07 Å². The van der Waals surface area contributed by atoms with Crippen LogP contribution in [0.4, 0.5) is 4.79 Å². The number of hydrogen-bond acceptors (Lipinski definition) is 4. The van der Waals surface area contributed by atoms with Crippen LogP contribution in [0.25, 0.3) is 0 Å². The number of nitrogens with one attached hydrogen (secondary N) is 1. The fraction of sp³-hybridized carbons (Fsp3) is 0.400. The van der Waals surface area contributed by atoms with Crippen LogP contribution >= 0.6 is 0 Å². The molecule has 0 spiro atoms. The molecule has 20 heavy (non-hydrogen) atoms. The number of nitriles is 1. The van der Waals surface area contributed by atoms with Crippen molar-refractivity contribution in [3.05, 3.63) is 35.4 Å². The summed E-state index contributed by atoms with van der Waals surface area (Å²) in [4.78, 5) is 22.6. The van der Waals surface area contributed by atoms with Gasteiger partial charge in [-0.15, -0.1) is 0 Å². The Labute approximate surface area is 118 Å². The number of ether oxygens (including phenoxy) is 1. The minimum absolute atomic E-state index is 0.356. The zero-order chi connectivity index (χ0) is 15.2. The van der Waals surface area contributed by atoms with Gasteiger partial charge in [0.25, 0.3) is 0 Å². The average Bonchev–Trinajstić information content (AvgIpc) is 2.36. The zero-order valence-corrected chi connectivity index (χ0v) is 11.8. The number of carbonyl (C=O) groups is 2. The van der Waals surface area contributed by atoms with E-state index in [-0.39, 0.29) is 0 Å². The van der Waals surface area contributed by atoms with Crippen molar-refractivity contribution in [2.75, 3.05) is 0 Å². The van der Waals surface area contributed by atoms with Gasteiger partial charge in [0.15, 0.2) is 0 Å². The average molecular weight is 274 g/mol. The Balaban J connectivity index is 2.61. The summed E-state index contributed by atoms with van der Waals surface area (Å²) >= 11 is 0. The first-order valence-corrected chi connectivity index (χ1v) is 6.28. The first-order valence-electron chi connectivity index (χ1n) is 6.28. The maximum atomic E-state index is 11.6. The summed E-state index contributed by atoms with van der Waals surface area (Å²) in [6.45, 7) is 5.26. The number of rotatable bonds is 4. The van der Waals surface area contributed by atoms with Gasteiger partial charge >= 0.3 is 6.09 Å². The van der Waals surface area contributed by atoms with Gasteiger partial charge in [0, 0.05) is 0 Å². The van der Waals surface area contributed by atoms with Crippen molar-refractivity contribution in [3.8, 4) is 6.07 Å². The fourth-order valence-electron chi connectivity index (χ4n) is 1.56. The highest BCUT2D eigenvalue weighted by Crippen LogP contribution is 2.08. The third-order valence-corrected chi connectivity index (χ3v) is 2.41. The molecule has 1 N–H and O–H groups in total. The van der Waals surface area contributed by atoms with Crippen molar-refractivity contribution in [1.29, 1.82) is 5.26 Å². The standard InChI is InChI=1S/C15H18N2O3/c1-15(2,3)20-14(19)17-13(10-18)8-11-4-6-12(9-16)7-5-11/h4-7,10,13H,8H2,1-3H3,(H,17,19). The van der Waals surface area contributed by atoms with Gasteiger partial charge in [-0.3, -0.25) is 0 Å². The van der Waals surface area contributed by atoms with Crippen LogP contribution in [0.5, 0.6) is 0 Å². The molecule has 0 aromatic heterocycles. The minimum Gasteiger partial charge on any atom is -0.444 e. The summed E-state index contributed by atoms with van der Waals surface area (Å²) in [6.07, 6.45) is 0.402. The Morgan fingerprint density at radius 3 is 2.45 bits per heavy atom. The predicted octanol–water partition coefficient (Wildman–Crippen LogP) is 2.19. The molecule has 1 atom stereocenters. The van der Waals surface area contributed by atoms with E-state index in [2.05, 4.69) is 5.32 Å². The number of amides is 1. The molecule has 1 amide bonds. The summed E-state index contributed by atoms with van der Waals surface area (Å²) in [5, 5.41) is 11.2. The second kappa shape index (κ2) is 6.71. The zero-order valence-electron chi connectivity index (χ0n) is 11.8. The molecule has 1 aromatic rings. The molecule has 1 aromatic carbocycles. The molecule has 0 saturated heterocycles. The largest absolute Gasteiger partial charge is 0.444 e. The van der Waals surface area contributed by atoms with Gasteiger partial charge in [0.2, 0.25) is 0 Å². The van der Waals surface area contributed by atoms with Gasteiger partial charge in [0.05, 0.1) is 17.7 Å². The monoisotopic (exact) mass is 274 g/mol. The lowest BCUT2D eigenvalue weighted by Crippen LogP contribution is -2.41. The smallest absolute Gasteiger partial charge is 0.408 e. The molecule has 0 heterocycles. The molecule has 1 rings (SSSR count). The van der Waals surface area contributed by atoms with Crippen LogP contribution in [-0.4, -0.2) is 24.0 Å². The van der Waals surface area contributed by atoms with E-state index in [0.29, 0.717) is 18.3 Å². The van der Waals surface area contributed by atoms with Crippen LogP contribution in [0.3, 0.4) is 0 Å². The number of carbonyl (C=O) groups excluding carboxylic acids is 2. The number of benzene rings is 1. The predicted molar refractivity (Wildman–Crippen MR) is 74.1 cm³/mol. The lowest BCUT2D eigenvalue weighted by atomic mass is 10.1. The molecule has 0 aliphatic heterocycles. The van der Waals surface area contributed by atoms with Crippen molar-refractivity contribution in [2.45, 2.75) is 38.8 Å². The van der Waals surface area contributed by atoms with Gasteiger partial charge < -0.3 is 14.8 Å². The van der Waals surface area contributed by atoms with Crippen LogP contribution in [0.1, 0.15) is 31.9 Å². The van der Waals surface area contributed by atoms with E-state index in [9.17, 15) is 9.59 Å². The van der Waals surface area contributed by atoms with Crippen molar-refractivity contribution in [2.24, 2.45) is 0 Å². The molecule has 5 nitrogen and oxygen atoms in total. The van der Waals surface area contributed by atoms with Gasteiger partial charge in [-0.1, -0.05) is 12.1 Å². The third kappa shape index (κ3) is 5.53. The minimum atomic E-state index is -0.655. The third-order valence-electron chi connectivity index (χ3n) is 2.41. The number of aldehydes is 1. The van der Waals surface area contributed by atoms with Gasteiger partial charge in [0.1, 0.15) is 11.9 Å². The Morgan fingerprint density at radius 1 is 1.40 bits per heavy atom. The van der Waals surface area contributed by atoms with E-state index in [1.165, 1.54) is 0 Å². The quantitative estimate of drug-likeness (QED) is 0.853. The number of hydrogen-bond donors (Lipinski definition) is 1. The molecule has 0 bridgehead atoms. The molecule has 0 aliphatic rings. The Morgan fingerprint density at radius 2 is 2.00 bits per heavy atom. The summed E-state index contributed by atoms with van der Waals surface area (Å²) in [7, 11) is 0. The molecule has 1 unspecified atom stereocenters. The number of alkyl carbamates (subject to hydrolysis) is 1. The maximum Gasteiger partial charge on any atom is 0.408 e. The van der Waals surface area contributed by atoms with Gasteiger partial charge in [-0.05, 0) is 44.9 Å². The van der Waals surface area contributed by atoms with Crippen molar-refractivity contribution in [3.63, 3.8) is 0 Å². The molecular weight excluding hydrogens is 256 g/mol. The molecule has 0 radical (unpaired) electrons. The van der Waals surface area contributed by atoms with Crippen LogP contribution in [0.2, 0.25) is 0 Å². The molecule has 106 valence electrons. The highest BCUT2D eigenvalue weighted by Gasteiger charge is 2.19. The van der Waals surface area contributed by atoms with E-state index in [4.69, 9.17) is 10.00 Å². The van der Waals surface area contributed by atoms with E-state index < -0.39 is 17.7 Å². The van der Waals surface area contributed by atoms with Crippen LogP contribution in [-0.2, 0) is 16.0 Å². The molecule has 0 fully saturated rings. The maximum absolute atomic E-state index is 11.6. The fourth-order valence-corrected chi connectivity index (χ4v) is 1.56. The van der Waals surface area contributed by atoms with E-state index >= 15 is 0 Å². The molecule has 0 aliphatic carbocycles. The summed E-state index contributed by atoms with van der Waals surface area (Å²) < 4.78 is 5.09. The Hall–Kier alpha value is -2.35. The lowest BCUT2D eigenvalue weighted by Gasteiger charge is -2.21. The summed E-state index contributed by atoms with van der Waals surface area (Å²) in [5.74, 6) is 0. The highest BCUT2D eigenvalue weighted by molar-refractivity contribution is 5.73. The van der Waals surface area contributed by atoms with Crippen LogP contribution in [0, 0.1) is 11.3 Å². The second-order valence-corrected chi connectivity index (χ2v) is 5.40. The van der Waals surface area contributed by atoms with E-state index in [1.54, 1.807) is 45.0 Å². The van der Waals surface area contributed by atoms with E-state index in [0.717, 1.165) is 5.56 Å². The summed E-state index contributed by atoms with van der Waals surface area (Å²) in [5.41, 5.74) is 0.806. The first-order chi connectivity index (χ1) is 9.34. The first kappa shape index (κ1) is 15.7. The van der Waals surface area contributed by atoms with Crippen molar-refractivity contribution < 1.29 is 14.3 Å². The molecule has 5 heteroatoms. The lowest BCUT2D eigenvalue weighted by molar-refractivity contribution is -0.109. The van der Waals surface area contributed by atoms with Crippen LogP contribution in [0.15, 0.2) is 24.3 Å². The van der Waals surface area contributed by atoms with Crippen LogP contribution < -0.4 is 5.32 Å². The van der Waals surface area contributed by atoms with Gasteiger partial charge in [-0.2, -0.15) is 5.26 Å². The SMILES string of the molecule is CC(C)(C)OC(=O)NC(C=O)Cc1ccc(C#N)cc1. The van der Waals surface area contributed by atoms with Gasteiger partial charge in [-0.25, -0.2) is 4.79 Å². The topological polar surface area (TPSA) is 79.2 Å². The highest BCUT2D eigenvalue weighted by atomic mass is 16.6. The molecule has 0 saturated carbocycles. The summed E-state index contributed by atoms with van der Waals surface area (Å²) in [6, 6.07) is 8.22. The van der Waals surface area contributed by atoms with Crippen molar-refractivity contribution in [1.82, 2.24) is 5.32 Å². The number of nitrogens with zero attached hydrogens (tertiary/aromatic N) is 1.